The van der Waals surface area contributed by atoms with Crippen molar-refractivity contribution in [3.05, 3.63) is 78.3 Å². The molecule has 0 unspecified atom stereocenters. The average molecular weight is 522 g/mol. The fourth-order valence-corrected chi connectivity index (χ4v) is 4.27. The molecule has 200 valence electrons. The molecule has 10 heteroatoms. The Morgan fingerprint density at radius 2 is 1.74 bits per heavy atom. The number of hydrogen-bond acceptors (Lipinski definition) is 7. The number of furan rings is 1. The lowest BCUT2D eigenvalue weighted by Crippen LogP contribution is -2.48. The van der Waals surface area contributed by atoms with Crippen molar-refractivity contribution in [2.24, 2.45) is 0 Å². The molecule has 1 aliphatic heterocycles. The summed E-state index contributed by atoms with van der Waals surface area (Å²) in [5.74, 6) is -0.529. The Labute approximate surface area is 220 Å². The molecule has 0 spiro atoms. The van der Waals surface area contributed by atoms with Crippen molar-refractivity contribution in [2.75, 3.05) is 38.8 Å². The number of carbonyl (C=O) groups is 3. The maximum atomic E-state index is 13.8. The second-order valence-electron chi connectivity index (χ2n) is 8.69. The van der Waals surface area contributed by atoms with E-state index in [2.05, 4.69) is 10.6 Å². The van der Waals surface area contributed by atoms with Gasteiger partial charge in [0.15, 0.2) is 5.76 Å². The predicted octanol–water partition coefficient (Wildman–Crippen LogP) is 3.10. The van der Waals surface area contributed by atoms with Crippen LogP contribution < -0.4 is 25.0 Å². The maximum Gasteiger partial charge on any atom is 0.287 e. The highest BCUT2D eigenvalue weighted by atomic mass is 16.5. The lowest BCUT2D eigenvalue weighted by Gasteiger charge is -2.32. The molecule has 0 saturated carbocycles. The number of nitrogens with one attached hydrogen (secondary N) is 2. The second kappa shape index (κ2) is 12.8. The fraction of sp³-hybridized carbons (Fsp3) is 0.321. The van der Waals surface area contributed by atoms with Crippen molar-refractivity contribution >= 4 is 23.4 Å². The van der Waals surface area contributed by atoms with Gasteiger partial charge in [0.05, 0.1) is 38.8 Å². The van der Waals surface area contributed by atoms with Gasteiger partial charge in [-0.15, -0.1) is 0 Å². The topological polar surface area (TPSA) is 119 Å². The number of benzene rings is 2. The first-order valence-corrected chi connectivity index (χ1v) is 12.3. The maximum absolute atomic E-state index is 13.8. The van der Waals surface area contributed by atoms with Crippen LogP contribution in [0.2, 0.25) is 0 Å². The van der Waals surface area contributed by atoms with Gasteiger partial charge >= 0.3 is 0 Å². The molecule has 1 fully saturated rings. The lowest BCUT2D eigenvalue weighted by atomic mass is 10.0. The van der Waals surface area contributed by atoms with E-state index in [1.54, 1.807) is 48.5 Å². The molecular formula is C28H31N3O7. The zero-order valence-electron chi connectivity index (χ0n) is 21.3. The van der Waals surface area contributed by atoms with Gasteiger partial charge in [0, 0.05) is 31.4 Å². The molecule has 0 bridgehead atoms. The van der Waals surface area contributed by atoms with Crippen molar-refractivity contribution in [3.8, 4) is 11.5 Å². The number of amides is 3. The third kappa shape index (κ3) is 6.51. The SMILES string of the molecule is COc1cc(OC)cc(N(C(=O)CNC(=O)c2ccco2)[C@H](C(=O)NC[C@H]2CCCO2)c2ccccc2)c1. The van der Waals surface area contributed by atoms with Crippen LogP contribution in [0.3, 0.4) is 0 Å². The zero-order chi connectivity index (χ0) is 26.9. The molecule has 4 rings (SSSR count). The molecule has 0 radical (unpaired) electrons. The summed E-state index contributed by atoms with van der Waals surface area (Å²) in [6.45, 7) is 0.592. The van der Waals surface area contributed by atoms with Gasteiger partial charge in [-0.3, -0.25) is 19.3 Å². The van der Waals surface area contributed by atoms with Crippen molar-refractivity contribution in [1.82, 2.24) is 10.6 Å². The Kier molecular flexibility index (Phi) is 8.99. The molecule has 38 heavy (non-hydrogen) atoms. The molecule has 2 heterocycles. The minimum absolute atomic E-state index is 0.0707. The van der Waals surface area contributed by atoms with Gasteiger partial charge < -0.3 is 29.3 Å². The van der Waals surface area contributed by atoms with E-state index < -0.39 is 17.9 Å². The highest BCUT2D eigenvalue weighted by Gasteiger charge is 2.34. The van der Waals surface area contributed by atoms with Crippen LogP contribution >= 0.6 is 0 Å². The molecule has 1 saturated heterocycles. The molecule has 0 aliphatic carbocycles. The summed E-state index contributed by atoms with van der Waals surface area (Å²) in [7, 11) is 2.99. The van der Waals surface area contributed by atoms with Crippen LogP contribution in [0.25, 0.3) is 0 Å². The van der Waals surface area contributed by atoms with Crippen LogP contribution in [-0.4, -0.2) is 57.7 Å². The van der Waals surface area contributed by atoms with Gasteiger partial charge in [0.25, 0.3) is 5.91 Å². The number of hydrogen-bond donors (Lipinski definition) is 2. The van der Waals surface area contributed by atoms with Gasteiger partial charge in [-0.05, 0) is 30.5 Å². The first-order chi connectivity index (χ1) is 18.5. The molecule has 1 aliphatic rings. The van der Waals surface area contributed by atoms with Crippen LogP contribution in [0.1, 0.15) is 35.0 Å². The Morgan fingerprint density at radius 1 is 1.00 bits per heavy atom. The second-order valence-corrected chi connectivity index (χ2v) is 8.69. The van der Waals surface area contributed by atoms with E-state index in [1.165, 1.54) is 31.4 Å². The largest absolute Gasteiger partial charge is 0.497 e. The van der Waals surface area contributed by atoms with Gasteiger partial charge in [-0.1, -0.05) is 30.3 Å². The first kappa shape index (κ1) is 26.7. The average Bonchev–Trinajstić information content (AvgIpc) is 3.68. The third-order valence-electron chi connectivity index (χ3n) is 6.18. The summed E-state index contributed by atoms with van der Waals surface area (Å²) in [5.41, 5.74) is 0.949. The van der Waals surface area contributed by atoms with E-state index in [9.17, 15) is 14.4 Å². The van der Waals surface area contributed by atoms with Gasteiger partial charge in [0.1, 0.15) is 17.5 Å². The van der Waals surface area contributed by atoms with Crippen LogP contribution in [0, 0.1) is 0 Å². The summed E-state index contributed by atoms with van der Waals surface area (Å²) in [6, 6.07) is 15.9. The summed E-state index contributed by atoms with van der Waals surface area (Å²) in [4.78, 5) is 41.3. The van der Waals surface area contributed by atoms with Crippen molar-refractivity contribution in [1.29, 1.82) is 0 Å². The minimum atomic E-state index is -1.05. The molecule has 2 N–H and O–H groups in total. The van der Waals surface area contributed by atoms with Crippen LogP contribution in [0.5, 0.6) is 11.5 Å². The lowest BCUT2D eigenvalue weighted by molar-refractivity contribution is -0.126. The quantitative estimate of drug-likeness (QED) is 0.398. The van der Waals surface area contributed by atoms with Crippen LogP contribution in [-0.2, 0) is 14.3 Å². The molecule has 2 atom stereocenters. The number of ether oxygens (including phenoxy) is 3. The molecule has 10 nitrogen and oxygen atoms in total. The van der Waals surface area contributed by atoms with Crippen LogP contribution in [0.15, 0.2) is 71.3 Å². The predicted molar refractivity (Wildman–Crippen MR) is 139 cm³/mol. The van der Waals surface area contributed by atoms with Crippen molar-refractivity contribution in [3.63, 3.8) is 0 Å². The van der Waals surface area contributed by atoms with Gasteiger partial charge in [-0.25, -0.2) is 0 Å². The van der Waals surface area contributed by atoms with E-state index >= 15 is 0 Å². The molecule has 1 aromatic heterocycles. The van der Waals surface area contributed by atoms with E-state index in [0.717, 1.165) is 12.8 Å². The Bertz CT molecular complexity index is 1200. The number of methoxy groups -OCH3 is 2. The standard InChI is InChI=1S/C28H31N3O7/c1-35-22-14-20(15-23(16-22)36-2)31(25(32)18-30-27(33)24-11-7-13-38-24)26(19-8-4-3-5-9-19)28(34)29-17-21-10-6-12-37-21/h3-5,7-9,11,13-16,21,26H,6,10,12,17-18H2,1-2H3,(H,29,34)(H,30,33)/t21-,26+/m1/s1. The number of anilines is 1. The van der Waals surface area contributed by atoms with Crippen LogP contribution in [0.4, 0.5) is 5.69 Å². The van der Waals surface area contributed by atoms with E-state index in [1.807, 2.05) is 6.07 Å². The summed E-state index contributed by atoms with van der Waals surface area (Å²) in [5, 5.41) is 5.53. The van der Waals surface area contributed by atoms with E-state index in [0.29, 0.717) is 35.9 Å². The third-order valence-corrected chi connectivity index (χ3v) is 6.18. The summed E-state index contributed by atoms with van der Waals surface area (Å²) in [6.07, 6.45) is 3.08. The number of carbonyl (C=O) groups excluding carboxylic acids is 3. The highest BCUT2D eigenvalue weighted by Crippen LogP contribution is 2.34. The van der Waals surface area contributed by atoms with Crippen molar-refractivity contribution < 1.29 is 33.0 Å². The van der Waals surface area contributed by atoms with Crippen molar-refractivity contribution in [2.45, 2.75) is 25.0 Å². The summed E-state index contributed by atoms with van der Waals surface area (Å²) < 4.78 is 21.6. The Morgan fingerprint density at radius 3 is 2.34 bits per heavy atom. The summed E-state index contributed by atoms with van der Waals surface area (Å²) >= 11 is 0. The minimum Gasteiger partial charge on any atom is -0.497 e. The zero-order valence-corrected chi connectivity index (χ0v) is 21.3. The fourth-order valence-electron chi connectivity index (χ4n) is 4.27. The molecular weight excluding hydrogens is 490 g/mol. The molecule has 3 amide bonds. The first-order valence-electron chi connectivity index (χ1n) is 12.3. The molecule has 2 aromatic carbocycles. The van der Waals surface area contributed by atoms with Gasteiger partial charge in [0.2, 0.25) is 11.8 Å². The van der Waals surface area contributed by atoms with Gasteiger partial charge in [-0.2, -0.15) is 0 Å². The number of nitrogens with zero attached hydrogens (tertiary/aromatic N) is 1. The molecule has 3 aromatic rings. The smallest absolute Gasteiger partial charge is 0.287 e. The highest BCUT2D eigenvalue weighted by molar-refractivity contribution is 6.04. The van der Waals surface area contributed by atoms with E-state index in [4.69, 9.17) is 18.6 Å². The van der Waals surface area contributed by atoms with E-state index in [-0.39, 0.29) is 24.3 Å². The Hall–Kier alpha value is -4.31. The monoisotopic (exact) mass is 521 g/mol. The Balaban J connectivity index is 1.70. The normalized spacial score (nSPS) is 15.4. The number of rotatable bonds is 11.